The molecule has 2 rings (SSSR count). The van der Waals surface area contributed by atoms with E-state index in [2.05, 4.69) is 0 Å². The van der Waals surface area contributed by atoms with Crippen molar-refractivity contribution in [1.82, 2.24) is 4.90 Å². The molecule has 74 valence electrons. The SMILES string of the molecule is O=C(Cl)N1CCC[C@H]2CCCC[C@H]21. The van der Waals surface area contributed by atoms with Crippen LogP contribution in [0.2, 0.25) is 0 Å². The Hall–Kier alpha value is -0.240. The first kappa shape index (κ1) is 9.32. The molecule has 2 fully saturated rings. The van der Waals surface area contributed by atoms with Gasteiger partial charge in [0.05, 0.1) is 0 Å². The Kier molecular flexibility index (Phi) is 2.77. The average molecular weight is 202 g/mol. The number of amides is 1. The lowest BCUT2D eigenvalue weighted by Gasteiger charge is -2.43. The van der Waals surface area contributed by atoms with Gasteiger partial charge in [0, 0.05) is 12.6 Å². The molecule has 1 heterocycles. The zero-order valence-electron chi connectivity index (χ0n) is 7.84. The van der Waals surface area contributed by atoms with E-state index in [0.717, 1.165) is 18.9 Å². The first-order valence-corrected chi connectivity index (χ1v) is 5.63. The van der Waals surface area contributed by atoms with Gasteiger partial charge >= 0.3 is 5.37 Å². The minimum Gasteiger partial charge on any atom is -0.326 e. The summed E-state index contributed by atoms with van der Waals surface area (Å²) in [5.74, 6) is 0.741. The number of fused-ring (bicyclic) bond motifs is 1. The number of nitrogens with zero attached hydrogens (tertiary/aromatic N) is 1. The number of rotatable bonds is 0. The van der Waals surface area contributed by atoms with E-state index in [9.17, 15) is 4.79 Å². The number of likely N-dealkylation sites (tertiary alicyclic amines) is 1. The lowest BCUT2D eigenvalue weighted by Crippen LogP contribution is -2.47. The van der Waals surface area contributed by atoms with E-state index in [0.29, 0.717) is 6.04 Å². The zero-order chi connectivity index (χ0) is 9.26. The van der Waals surface area contributed by atoms with E-state index < -0.39 is 0 Å². The normalized spacial score (nSPS) is 34.1. The van der Waals surface area contributed by atoms with Crippen molar-refractivity contribution in [3.05, 3.63) is 0 Å². The van der Waals surface area contributed by atoms with Gasteiger partial charge in [0.1, 0.15) is 0 Å². The van der Waals surface area contributed by atoms with Crippen molar-refractivity contribution >= 4 is 17.0 Å². The van der Waals surface area contributed by atoms with Crippen molar-refractivity contribution in [1.29, 1.82) is 0 Å². The van der Waals surface area contributed by atoms with Gasteiger partial charge in [-0.25, -0.2) is 0 Å². The lowest BCUT2D eigenvalue weighted by atomic mass is 9.78. The summed E-state index contributed by atoms with van der Waals surface area (Å²) >= 11 is 5.56. The fraction of sp³-hybridized carbons (Fsp3) is 0.900. The molecule has 1 saturated heterocycles. The number of carbonyl (C=O) groups is 1. The second-order valence-electron chi connectivity index (χ2n) is 4.20. The van der Waals surface area contributed by atoms with E-state index in [1.54, 1.807) is 0 Å². The van der Waals surface area contributed by atoms with E-state index in [1.807, 2.05) is 4.90 Å². The first-order valence-electron chi connectivity index (χ1n) is 5.25. The van der Waals surface area contributed by atoms with Gasteiger partial charge in [-0.15, -0.1) is 0 Å². The Morgan fingerprint density at radius 1 is 1.15 bits per heavy atom. The van der Waals surface area contributed by atoms with Crippen molar-refractivity contribution in [3.63, 3.8) is 0 Å². The third-order valence-corrected chi connectivity index (χ3v) is 3.69. The van der Waals surface area contributed by atoms with E-state index in [1.165, 1.54) is 32.1 Å². The predicted molar refractivity (Wildman–Crippen MR) is 52.9 cm³/mol. The molecule has 1 aliphatic carbocycles. The largest absolute Gasteiger partial charge is 0.326 e. The second-order valence-corrected chi connectivity index (χ2v) is 4.52. The number of piperidine rings is 1. The average Bonchev–Trinajstić information content (AvgIpc) is 2.17. The smallest absolute Gasteiger partial charge is 0.316 e. The summed E-state index contributed by atoms with van der Waals surface area (Å²) in [4.78, 5) is 13.0. The van der Waals surface area contributed by atoms with E-state index in [4.69, 9.17) is 11.6 Å². The van der Waals surface area contributed by atoms with Gasteiger partial charge in [-0.3, -0.25) is 4.79 Å². The van der Waals surface area contributed by atoms with Crippen LogP contribution in [-0.4, -0.2) is 22.9 Å². The zero-order valence-corrected chi connectivity index (χ0v) is 8.59. The maximum absolute atomic E-state index is 11.1. The van der Waals surface area contributed by atoms with Crippen molar-refractivity contribution in [3.8, 4) is 0 Å². The van der Waals surface area contributed by atoms with Crippen LogP contribution in [0.25, 0.3) is 0 Å². The molecule has 0 spiro atoms. The standard InChI is InChI=1S/C10H16ClNO/c11-10(13)12-7-3-5-8-4-1-2-6-9(8)12/h8-9H,1-7H2/t8-,9-/m1/s1. The maximum atomic E-state index is 11.1. The molecule has 13 heavy (non-hydrogen) atoms. The molecule has 1 aliphatic heterocycles. The molecule has 1 saturated carbocycles. The minimum atomic E-state index is -0.239. The van der Waals surface area contributed by atoms with Gasteiger partial charge in [-0.1, -0.05) is 12.8 Å². The molecule has 0 radical (unpaired) electrons. The molecule has 0 aromatic carbocycles. The second kappa shape index (κ2) is 3.87. The highest BCUT2D eigenvalue weighted by Gasteiger charge is 2.34. The summed E-state index contributed by atoms with van der Waals surface area (Å²) < 4.78 is 0. The number of hydrogen-bond donors (Lipinski definition) is 0. The fourth-order valence-corrected chi connectivity index (χ4v) is 3.05. The van der Waals surface area contributed by atoms with Gasteiger partial charge in [-0.05, 0) is 43.2 Å². The van der Waals surface area contributed by atoms with Crippen molar-refractivity contribution in [2.75, 3.05) is 6.54 Å². The molecule has 2 nitrogen and oxygen atoms in total. The van der Waals surface area contributed by atoms with Crippen LogP contribution in [0.5, 0.6) is 0 Å². The molecule has 0 unspecified atom stereocenters. The summed E-state index contributed by atoms with van der Waals surface area (Å²) in [6.45, 7) is 0.878. The van der Waals surface area contributed by atoms with Gasteiger partial charge in [0.25, 0.3) is 0 Å². The Morgan fingerprint density at radius 2 is 1.85 bits per heavy atom. The van der Waals surface area contributed by atoms with E-state index >= 15 is 0 Å². The van der Waals surface area contributed by atoms with Crippen molar-refractivity contribution < 1.29 is 4.79 Å². The topological polar surface area (TPSA) is 20.3 Å². The summed E-state index contributed by atoms with van der Waals surface area (Å²) in [5.41, 5.74) is 0. The molecule has 0 aromatic rings. The fourth-order valence-electron chi connectivity index (χ4n) is 2.84. The van der Waals surface area contributed by atoms with Crippen LogP contribution in [0, 0.1) is 5.92 Å². The molecule has 0 bridgehead atoms. The van der Waals surface area contributed by atoms with Gasteiger partial charge in [0.2, 0.25) is 0 Å². The highest BCUT2D eigenvalue weighted by atomic mass is 35.5. The number of carbonyl (C=O) groups excluding carboxylic acids is 1. The maximum Gasteiger partial charge on any atom is 0.316 e. The summed E-state index contributed by atoms with van der Waals surface area (Å²) in [5, 5.41) is -0.239. The third-order valence-electron chi connectivity index (χ3n) is 3.47. The quantitative estimate of drug-likeness (QED) is 0.436. The molecular weight excluding hydrogens is 186 g/mol. The molecule has 0 N–H and O–H groups in total. The van der Waals surface area contributed by atoms with Crippen LogP contribution in [0.3, 0.4) is 0 Å². The Labute approximate surface area is 84.2 Å². The Morgan fingerprint density at radius 3 is 2.62 bits per heavy atom. The molecular formula is C10H16ClNO. The molecule has 3 heteroatoms. The highest BCUT2D eigenvalue weighted by molar-refractivity contribution is 6.62. The molecule has 2 aliphatic rings. The lowest BCUT2D eigenvalue weighted by molar-refractivity contribution is 0.0961. The van der Waals surface area contributed by atoms with Crippen LogP contribution in [-0.2, 0) is 0 Å². The number of halogens is 1. The van der Waals surface area contributed by atoms with Crippen LogP contribution < -0.4 is 0 Å². The van der Waals surface area contributed by atoms with Gasteiger partial charge in [0.15, 0.2) is 0 Å². The van der Waals surface area contributed by atoms with Crippen LogP contribution in [0.4, 0.5) is 4.79 Å². The molecule has 1 amide bonds. The highest BCUT2D eigenvalue weighted by Crippen LogP contribution is 2.35. The van der Waals surface area contributed by atoms with Gasteiger partial charge in [-0.2, -0.15) is 0 Å². The van der Waals surface area contributed by atoms with Gasteiger partial charge < -0.3 is 4.90 Å². The monoisotopic (exact) mass is 201 g/mol. The summed E-state index contributed by atoms with van der Waals surface area (Å²) in [6.07, 6.45) is 7.51. The summed E-state index contributed by atoms with van der Waals surface area (Å²) in [6, 6.07) is 0.465. The van der Waals surface area contributed by atoms with Crippen molar-refractivity contribution in [2.24, 2.45) is 5.92 Å². The summed E-state index contributed by atoms with van der Waals surface area (Å²) in [7, 11) is 0. The predicted octanol–water partition coefficient (Wildman–Crippen LogP) is 3.00. The number of hydrogen-bond acceptors (Lipinski definition) is 1. The Bertz CT molecular complexity index is 205. The van der Waals surface area contributed by atoms with Crippen molar-refractivity contribution in [2.45, 2.75) is 44.6 Å². The first-order chi connectivity index (χ1) is 6.29. The molecule has 2 atom stereocenters. The third kappa shape index (κ3) is 1.83. The van der Waals surface area contributed by atoms with Crippen LogP contribution in [0.1, 0.15) is 38.5 Å². The molecule has 0 aromatic heterocycles. The van der Waals surface area contributed by atoms with E-state index in [-0.39, 0.29) is 5.37 Å². The minimum absolute atomic E-state index is 0.239. The van der Waals surface area contributed by atoms with Crippen LogP contribution in [0.15, 0.2) is 0 Å². The van der Waals surface area contributed by atoms with Crippen LogP contribution >= 0.6 is 11.6 Å². The Balaban J connectivity index is 2.06.